The quantitative estimate of drug-likeness (QED) is 0.758. The number of nitrogens with one attached hydrogen (secondary N) is 2. The summed E-state index contributed by atoms with van der Waals surface area (Å²) in [5.74, 6) is -0.0446. The van der Waals surface area contributed by atoms with E-state index in [1.54, 1.807) is 24.5 Å². The fourth-order valence-electron chi connectivity index (χ4n) is 1.75. The number of rotatable bonds is 3. The first-order valence-corrected chi connectivity index (χ1v) is 5.28. The Morgan fingerprint density at radius 1 is 1.67 bits per heavy atom. The first-order chi connectivity index (χ1) is 7.36. The molecule has 1 unspecified atom stereocenters. The molecular formula is C11H15N3O. The largest absolute Gasteiger partial charge is 0.350 e. The molecule has 0 bridgehead atoms. The molecule has 15 heavy (non-hydrogen) atoms. The van der Waals surface area contributed by atoms with Gasteiger partial charge in [0.05, 0.1) is 5.56 Å². The van der Waals surface area contributed by atoms with Crippen molar-refractivity contribution in [3.05, 3.63) is 30.1 Å². The summed E-state index contributed by atoms with van der Waals surface area (Å²) in [6.45, 7) is 1.77. The van der Waals surface area contributed by atoms with Gasteiger partial charge in [0, 0.05) is 25.0 Å². The van der Waals surface area contributed by atoms with Crippen molar-refractivity contribution in [3.8, 4) is 0 Å². The van der Waals surface area contributed by atoms with E-state index in [0.717, 1.165) is 13.0 Å². The Morgan fingerprint density at radius 3 is 3.27 bits per heavy atom. The minimum atomic E-state index is -0.0446. The summed E-state index contributed by atoms with van der Waals surface area (Å²) in [6.07, 6.45) is 5.59. The number of nitrogens with zero attached hydrogens (tertiary/aromatic N) is 1. The lowest BCUT2D eigenvalue weighted by Crippen LogP contribution is -2.37. The molecule has 0 radical (unpaired) electrons. The Balaban J connectivity index is 1.82. The molecule has 0 aromatic carbocycles. The maximum Gasteiger partial charge on any atom is 0.252 e. The monoisotopic (exact) mass is 205 g/mol. The van der Waals surface area contributed by atoms with E-state index in [-0.39, 0.29) is 5.91 Å². The lowest BCUT2D eigenvalue weighted by Gasteiger charge is -2.11. The number of carbonyl (C=O) groups is 1. The van der Waals surface area contributed by atoms with Gasteiger partial charge in [0.1, 0.15) is 0 Å². The van der Waals surface area contributed by atoms with Gasteiger partial charge in [-0.2, -0.15) is 0 Å². The minimum absolute atomic E-state index is 0.0446. The molecule has 2 heterocycles. The van der Waals surface area contributed by atoms with Gasteiger partial charge in [-0.05, 0) is 31.5 Å². The SMILES string of the molecule is O=C(NCC1CCCN1)c1cccnc1. The second kappa shape index (κ2) is 4.89. The van der Waals surface area contributed by atoms with Crippen LogP contribution in [0.2, 0.25) is 0 Å². The predicted octanol–water partition coefficient (Wildman–Crippen LogP) is 0.563. The number of pyridine rings is 1. The summed E-state index contributed by atoms with van der Waals surface area (Å²) < 4.78 is 0. The molecule has 2 N–H and O–H groups in total. The van der Waals surface area contributed by atoms with E-state index >= 15 is 0 Å². The van der Waals surface area contributed by atoms with Gasteiger partial charge in [0.2, 0.25) is 0 Å². The van der Waals surface area contributed by atoms with Gasteiger partial charge < -0.3 is 10.6 Å². The van der Waals surface area contributed by atoms with Crippen molar-refractivity contribution >= 4 is 5.91 Å². The van der Waals surface area contributed by atoms with Gasteiger partial charge in [-0.25, -0.2) is 0 Å². The highest BCUT2D eigenvalue weighted by Crippen LogP contribution is 2.03. The van der Waals surface area contributed by atoms with Crippen LogP contribution >= 0.6 is 0 Å². The van der Waals surface area contributed by atoms with Crippen LogP contribution in [-0.2, 0) is 0 Å². The Kier molecular flexibility index (Phi) is 3.29. The van der Waals surface area contributed by atoms with Crippen LogP contribution in [-0.4, -0.2) is 30.0 Å². The topological polar surface area (TPSA) is 54.0 Å². The molecule has 0 saturated carbocycles. The van der Waals surface area contributed by atoms with Crippen molar-refractivity contribution in [3.63, 3.8) is 0 Å². The molecule has 2 rings (SSSR count). The third-order valence-corrected chi connectivity index (χ3v) is 2.60. The molecule has 1 atom stereocenters. The number of carbonyl (C=O) groups excluding carboxylic acids is 1. The van der Waals surface area contributed by atoms with E-state index in [9.17, 15) is 4.79 Å². The van der Waals surface area contributed by atoms with Gasteiger partial charge in [-0.3, -0.25) is 9.78 Å². The zero-order valence-corrected chi connectivity index (χ0v) is 8.57. The Hall–Kier alpha value is -1.42. The highest BCUT2D eigenvalue weighted by Gasteiger charge is 2.14. The highest BCUT2D eigenvalue weighted by atomic mass is 16.1. The van der Waals surface area contributed by atoms with Crippen LogP contribution in [0.3, 0.4) is 0 Å². The average molecular weight is 205 g/mol. The lowest BCUT2D eigenvalue weighted by atomic mass is 10.2. The summed E-state index contributed by atoms with van der Waals surface area (Å²) >= 11 is 0. The van der Waals surface area contributed by atoms with E-state index in [1.807, 2.05) is 0 Å². The van der Waals surface area contributed by atoms with Crippen molar-refractivity contribution < 1.29 is 4.79 Å². The lowest BCUT2D eigenvalue weighted by molar-refractivity contribution is 0.0950. The number of aromatic nitrogens is 1. The second-order valence-electron chi connectivity index (χ2n) is 3.75. The Labute approximate surface area is 89.1 Å². The van der Waals surface area contributed by atoms with Gasteiger partial charge in [0.25, 0.3) is 5.91 Å². The summed E-state index contributed by atoms with van der Waals surface area (Å²) in [6, 6.07) is 3.97. The standard InChI is InChI=1S/C11H15N3O/c15-11(9-3-1-5-12-7-9)14-8-10-4-2-6-13-10/h1,3,5,7,10,13H,2,4,6,8H2,(H,14,15). The minimum Gasteiger partial charge on any atom is -0.350 e. The molecule has 4 nitrogen and oxygen atoms in total. The third-order valence-electron chi connectivity index (χ3n) is 2.60. The second-order valence-corrected chi connectivity index (χ2v) is 3.75. The summed E-state index contributed by atoms with van der Waals surface area (Å²) in [7, 11) is 0. The van der Waals surface area contributed by atoms with Crippen molar-refractivity contribution in [1.82, 2.24) is 15.6 Å². The van der Waals surface area contributed by atoms with Gasteiger partial charge in [-0.1, -0.05) is 0 Å². The van der Waals surface area contributed by atoms with Crippen molar-refractivity contribution in [2.45, 2.75) is 18.9 Å². The van der Waals surface area contributed by atoms with Crippen molar-refractivity contribution in [2.75, 3.05) is 13.1 Å². The van der Waals surface area contributed by atoms with Crippen LogP contribution in [0, 0.1) is 0 Å². The molecule has 1 aromatic rings. The maximum atomic E-state index is 11.6. The van der Waals surface area contributed by atoms with Gasteiger partial charge in [-0.15, -0.1) is 0 Å². The van der Waals surface area contributed by atoms with Crippen LogP contribution in [0.5, 0.6) is 0 Å². The van der Waals surface area contributed by atoms with Crippen LogP contribution in [0.1, 0.15) is 23.2 Å². The Bertz CT molecular complexity index is 320. The summed E-state index contributed by atoms with van der Waals surface area (Å²) in [4.78, 5) is 15.5. The molecule has 1 aliphatic rings. The average Bonchev–Trinajstić information content (AvgIpc) is 2.80. The van der Waals surface area contributed by atoms with Crippen molar-refractivity contribution in [2.24, 2.45) is 0 Å². The first-order valence-electron chi connectivity index (χ1n) is 5.28. The smallest absolute Gasteiger partial charge is 0.252 e. The van der Waals surface area contributed by atoms with Crippen LogP contribution in [0.4, 0.5) is 0 Å². The molecule has 1 aliphatic heterocycles. The van der Waals surface area contributed by atoms with Crippen LogP contribution < -0.4 is 10.6 Å². The molecule has 0 aliphatic carbocycles. The molecule has 4 heteroatoms. The maximum absolute atomic E-state index is 11.6. The zero-order valence-electron chi connectivity index (χ0n) is 8.57. The van der Waals surface area contributed by atoms with E-state index in [2.05, 4.69) is 15.6 Å². The highest BCUT2D eigenvalue weighted by molar-refractivity contribution is 5.93. The fourth-order valence-corrected chi connectivity index (χ4v) is 1.75. The molecule has 1 amide bonds. The van der Waals surface area contributed by atoms with E-state index in [0.29, 0.717) is 18.2 Å². The molecule has 1 aromatic heterocycles. The summed E-state index contributed by atoms with van der Waals surface area (Å²) in [5.41, 5.74) is 0.621. The van der Waals surface area contributed by atoms with Gasteiger partial charge >= 0.3 is 0 Å². The van der Waals surface area contributed by atoms with Crippen LogP contribution in [0.15, 0.2) is 24.5 Å². The Morgan fingerprint density at radius 2 is 2.60 bits per heavy atom. The van der Waals surface area contributed by atoms with E-state index < -0.39 is 0 Å². The molecule has 0 spiro atoms. The normalized spacial score (nSPS) is 20.1. The molecule has 1 saturated heterocycles. The number of hydrogen-bond acceptors (Lipinski definition) is 3. The number of amides is 1. The van der Waals surface area contributed by atoms with Crippen LogP contribution in [0.25, 0.3) is 0 Å². The molecule has 1 fully saturated rings. The van der Waals surface area contributed by atoms with Crippen molar-refractivity contribution in [1.29, 1.82) is 0 Å². The third kappa shape index (κ3) is 2.76. The van der Waals surface area contributed by atoms with E-state index in [4.69, 9.17) is 0 Å². The first kappa shape index (κ1) is 10.1. The number of hydrogen-bond donors (Lipinski definition) is 2. The predicted molar refractivity (Wildman–Crippen MR) is 57.6 cm³/mol. The summed E-state index contributed by atoms with van der Waals surface area (Å²) in [5, 5.41) is 6.23. The fraction of sp³-hybridized carbons (Fsp3) is 0.455. The van der Waals surface area contributed by atoms with Gasteiger partial charge in [0.15, 0.2) is 0 Å². The van der Waals surface area contributed by atoms with E-state index in [1.165, 1.54) is 6.42 Å². The zero-order chi connectivity index (χ0) is 10.5. The molecule has 80 valence electrons. The molecular weight excluding hydrogens is 190 g/mol.